The number of hydrogen-bond acceptors (Lipinski definition) is 2. The molecule has 0 saturated carbocycles. The van der Waals surface area contributed by atoms with Crippen LogP contribution in [0, 0.1) is 6.92 Å². The first-order valence-electron chi connectivity index (χ1n) is 23.4. The van der Waals surface area contributed by atoms with Gasteiger partial charge in [-0.3, -0.25) is 9.59 Å². The van der Waals surface area contributed by atoms with Crippen LogP contribution in [0.1, 0.15) is 38.2 Å². The normalized spacial score (nSPS) is 12.3. The Hall–Kier alpha value is -8.92. The molecule has 0 aliphatic heterocycles. The average Bonchev–Trinajstić information content (AvgIpc) is 3.79. The molecule has 0 atom stereocenters. The van der Waals surface area contributed by atoms with Crippen molar-refractivity contribution in [2.24, 2.45) is 0 Å². The van der Waals surface area contributed by atoms with Crippen molar-refractivity contribution in [3.05, 3.63) is 228 Å². The quantitative estimate of drug-likeness (QED) is 0.107. The Kier molecular flexibility index (Phi) is 12.9. The van der Waals surface area contributed by atoms with Crippen LogP contribution in [-0.4, -0.2) is 16.9 Å². The smallest absolute Gasteiger partial charge is 0.307 e. The van der Waals surface area contributed by atoms with Crippen LogP contribution in [0.2, 0.25) is 0 Å². The van der Waals surface area contributed by atoms with E-state index in [4.69, 9.17) is 0 Å². The third-order valence-electron chi connectivity index (χ3n) is 13.3. The van der Waals surface area contributed by atoms with E-state index in [1.54, 1.807) is 72.8 Å². The summed E-state index contributed by atoms with van der Waals surface area (Å²) in [4.78, 5) is 30.9. The van der Waals surface area contributed by atoms with Gasteiger partial charge in [0.05, 0.1) is 50.2 Å². The van der Waals surface area contributed by atoms with Crippen LogP contribution in [0.4, 0.5) is 58.4 Å². The highest BCUT2D eigenvalue weighted by molar-refractivity contribution is 6.23. The van der Waals surface area contributed by atoms with Gasteiger partial charge < -0.3 is 4.57 Å². The van der Waals surface area contributed by atoms with Crippen LogP contribution in [0.5, 0.6) is 0 Å². The van der Waals surface area contributed by atoms with Crippen LogP contribution >= 0.6 is 0 Å². The van der Waals surface area contributed by atoms with Crippen molar-refractivity contribution in [2.45, 2.75) is 31.6 Å². The molecule has 0 N–H and O–H groups in total. The van der Waals surface area contributed by atoms with E-state index in [1.807, 2.05) is 30.3 Å². The van der Waals surface area contributed by atoms with Gasteiger partial charge in [0, 0.05) is 33.0 Å². The molecule has 77 heavy (non-hydrogen) atoms. The second-order valence-electron chi connectivity index (χ2n) is 18.1. The van der Waals surface area contributed by atoms with E-state index in [0.29, 0.717) is 58.5 Å². The highest BCUT2D eigenvalue weighted by Gasteiger charge is 2.40. The number of anilines is 1. The minimum atomic E-state index is -5.31. The number of amides is 2. The maximum absolute atomic E-state index is 16.0. The van der Waals surface area contributed by atoms with Crippen LogP contribution in [0.3, 0.4) is 0 Å². The lowest BCUT2D eigenvalue weighted by molar-refractivity contribution is -0.144. The third-order valence-corrected chi connectivity index (χ3v) is 13.3. The second kappa shape index (κ2) is 19.3. The standard InChI is InChI=1S/C61H36F12N2O2/c1-35-14-11-25-52(53(35)57(77)74(34-76)54-50(37-17-7-3-8-18-37)30-39(36-15-5-2-6-16-36)31-51(54)38-19-9-4-10-20-38)75-55-46(40-26-42(58(62,63)64)32-43(27-40)59(65,66)67)21-12-23-48(55)49-24-13-22-47(56(49)75)41-28-44(60(68,69)70)33-45(29-41)61(71,72)73/h2-34H,1H3. The fourth-order valence-corrected chi connectivity index (χ4v) is 9.85. The number of rotatable bonds is 9. The Morgan fingerprint density at radius 1 is 0.403 bits per heavy atom. The number of para-hydroxylation sites is 2. The summed E-state index contributed by atoms with van der Waals surface area (Å²) in [5.41, 5.74) is -5.79. The summed E-state index contributed by atoms with van der Waals surface area (Å²) in [5, 5.41) is 0.129. The Morgan fingerprint density at radius 2 is 0.779 bits per heavy atom. The van der Waals surface area contributed by atoms with Gasteiger partial charge in [-0.15, -0.1) is 0 Å². The number of nitrogens with zero attached hydrogens (tertiary/aromatic N) is 2. The van der Waals surface area contributed by atoms with Gasteiger partial charge in [0.25, 0.3) is 5.91 Å². The van der Waals surface area contributed by atoms with Crippen molar-refractivity contribution >= 4 is 39.8 Å². The molecular weight excluding hydrogens is 1020 g/mol. The molecule has 0 spiro atoms. The van der Waals surface area contributed by atoms with Crippen molar-refractivity contribution in [3.63, 3.8) is 0 Å². The summed E-state index contributed by atoms with van der Waals surface area (Å²) in [5.74, 6) is -1.02. The van der Waals surface area contributed by atoms with E-state index in [-0.39, 0.29) is 67.6 Å². The van der Waals surface area contributed by atoms with E-state index in [2.05, 4.69) is 0 Å². The number of benzene rings is 9. The molecule has 0 aliphatic carbocycles. The summed E-state index contributed by atoms with van der Waals surface area (Å²) < 4.78 is 176. The fourth-order valence-electron chi connectivity index (χ4n) is 9.85. The number of imide groups is 1. The van der Waals surface area contributed by atoms with E-state index in [9.17, 15) is 57.5 Å². The lowest BCUT2D eigenvalue weighted by Gasteiger charge is -2.26. The van der Waals surface area contributed by atoms with Gasteiger partial charge in [-0.25, -0.2) is 4.90 Å². The summed E-state index contributed by atoms with van der Waals surface area (Å²) in [6.07, 6.45) is -21.0. The average molecular weight is 1060 g/mol. The Balaban J connectivity index is 1.33. The van der Waals surface area contributed by atoms with E-state index in [1.165, 1.54) is 66.1 Å². The number of hydrogen-bond donors (Lipinski definition) is 0. The molecule has 0 unspecified atom stereocenters. The number of carbonyl (C=O) groups excluding carboxylic acids is 2. The van der Waals surface area contributed by atoms with Crippen molar-refractivity contribution in [3.8, 4) is 61.3 Å². The predicted octanol–water partition coefficient (Wildman–Crippen LogP) is 18.3. The zero-order chi connectivity index (χ0) is 54.8. The molecule has 1 heterocycles. The van der Waals surface area contributed by atoms with E-state index in [0.717, 1.165) is 10.5 Å². The van der Waals surface area contributed by atoms with Gasteiger partial charge in [0.15, 0.2) is 0 Å². The minimum absolute atomic E-state index is 0.0612. The third kappa shape index (κ3) is 9.71. The number of fused-ring (bicyclic) bond motifs is 3. The molecule has 0 radical (unpaired) electrons. The molecule has 9 aromatic carbocycles. The predicted molar refractivity (Wildman–Crippen MR) is 272 cm³/mol. The first-order chi connectivity index (χ1) is 36.5. The van der Waals surface area contributed by atoms with Gasteiger partial charge in [-0.1, -0.05) is 140 Å². The van der Waals surface area contributed by atoms with Gasteiger partial charge in [-0.2, -0.15) is 52.7 Å². The first-order valence-corrected chi connectivity index (χ1v) is 23.4. The van der Waals surface area contributed by atoms with Gasteiger partial charge in [0.1, 0.15) is 0 Å². The lowest BCUT2D eigenvalue weighted by atomic mass is 9.90. The number of alkyl halides is 12. The topological polar surface area (TPSA) is 42.3 Å². The first kappa shape index (κ1) is 51.6. The molecule has 4 nitrogen and oxygen atoms in total. The van der Waals surface area contributed by atoms with Gasteiger partial charge in [0.2, 0.25) is 6.41 Å². The molecular formula is C61H36F12N2O2. The van der Waals surface area contributed by atoms with Crippen molar-refractivity contribution in [1.82, 2.24) is 4.57 Å². The second-order valence-corrected chi connectivity index (χ2v) is 18.1. The Morgan fingerprint density at radius 3 is 1.16 bits per heavy atom. The van der Waals surface area contributed by atoms with Crippen molar-refractivity contribution in [1.29, 1.82) is 0 Å². The fraction of sp³-hybridized carbons (Fsp3) is 0.0820. The van der Waals surface area contributed by atoms with Crippen LogP contribution in [0.25, 0.3) is 83.1 Å². The number of halogens is 12. The summed E-state index contributed by atoms with van der Waals surface area (Å²) >= 11 is 0. The number of aromatic nitrogens is 1. The van der Waals surface area contributed by atoms with Crippen LogP contribution in [-0.2, 0) is 29.5 Å². The molecule has 10 rings (SSSR count). The van der Waals surface area contributed by atoms with Gasteiger partial charge >= 0.3 is 24.7 Å². The van der Waals surface area contributed by atoms with E-state index >= 15 is 4.79 Å². The van der Waals surface area contributed by atoms with Crippen molar-refractivity contribution < 1.29 is 62.3 Å². The molecule has 1 aromatic heterocycles. The van der Waals surface area contributed by atoms with Gasteiger partial charge in [-0.05, 0) is 100 Å². The highest BCUT2D eigenvalue weighted by Crippen LogP contribution is 2.49. The lowest BCUT2D eigenvalue weighted by Crippen LogP contribution is -2.32. The molecule has 0 aliphatic rings. The van der Waals surface area contributed by atoms with Crippen LogP contribution in [0.15, 0.2) is 194 Å². The molecule has 16 heteroatoms. The molecule has 0 bridgehead atoms. The maximum Gasteiger partial charge on any atom is 0.416 e. The molecule has 2 amide bonds. The summed E-state index contributed by atoms with van der Waals surface area (Å²) in [6, 6.07) is 44.5. The minimum Gasteiger partial charge on any atom is -0.307 e. The molecule has 386 valence electrons. The monoisotopic (exact) mass is 1060 g/mol. The molecule has 0 saturated heterocycles. The molecule has 0 fully saturated rings. The number of aryl methyl sites for hydroxylation is 1. The Labute approximate surface area is 430 Å². The van der Waals surface area contributed by atoms with Crippen LogP contribution < -0.4 is 4.90 Å². The highest BCUT2D eigenvalue weighted by atomic mass is 19.4. The molecule has 10 aromatic rings. The zero-order valence-corrected chi connectivity index (χ0v) is 39.8. The summed E-state index contributed by atoms with van der Waals surface area (Å²) in [6.45, 7) is 1.49. The largest absolute Gasteiger partial charge is 0.416 e. The SMILES string of the molecule is Cc1cccc(-n2c3c(-c4cc(C(F)(F)F)cc(C(F)(F)F)c4)cccc3c3cccc(-c4cc(C(F)(F)F)cc(C(F)(F)F)c4)c32)c1C(=O)N(C=O)c1c(-c2ccccc2)cc(-c2ccccc2)cc1-c1ccccc1. The zero-order valence-electron chi connectivity index (χ0n) is 39.8. The van der Waals surface area contributed by atoms with E-state index < -0.39 is 64.0 Å². The summed E-state index contributed by atoms with van der Waals surface area (Å²) in [7, 11) is 0. The van der Waals surface area contributed by atoms with Crippen molar-refractivity contribution in [2.75, 3.05) is 4.90 Å². The maximum atomic E-state index is 16.0. The number of carbonyl (C=O) groups is 2. The Bertz CT molecular complexity index is 3660.